The summed E-state index contributed by atoms with van der Waals surface area (Å²) < 4.78 is 0. The molecule has 0 bridgehead atoms. The normalized spacial score (nSPS) is 17.2. The van der Waals surface area contributed by atoms with E-state index in [1.807, 2.05) is 11.8 Å². The third-order valence-electron chi connectivity index (χ3n) is 3.61. The van der Waals surface area contributed by atoms with Gasteiger partial charge in [0.2, 0.25) is 0 Å². The van der Waals surface area contributed by atoms with Crippen LogP contribution in [0.15, 0.2) is 23.1 Å². The molecular weight excluding hydrogens is 244 g/mol. The molecule has 1 aliphatic heterocycles. The van der Waals surface area contributed by atoms with Crippen molar-refractivity contribution in [1.29, 1.82) is 0 Å². The van der Waals surface area contributed by atoms with E-state index < -0.39 is 5.97 Å². The molecule has 18 heavy (non-hydrogen) atoms. The van der Waals surface area contributed by atoms with E-state index in [0.717, 1.165) is 12.8 Å². The molecule has 1 heterocycles. The molecule has 0 saturated heterocycles. The van der Waals surface area contributed by atoms with Crippen LogP contribution >= 0.6 is 11.8 Å². The molecule has 0 amide bonds. The maximum absolute atomic E-state index is 10.5. The molecular formula is C15H20O2S. The second-order valence-electron chi connectivity index (χ2n) is 5.56. The first-order valence-electron chi connectivity index (χ1n) is 6.47. The molecule has 2 rings (SSSR count). The van der Waals surface area contributed by atoms with Gasteiger partial charge in [0.15, 0.2) is 0 Å². The van der Waals surface area contributed by atoms with Gasteiger partial charge < -0.3 is 5.11 Å². The van der Waals surface area contributed by atoms with Crippen molar-refractivity contribution in [1.82, 2.24) is 0 Å². The van der Waals surface area contributed by atoms with Gasteiger partial charge in [0.05, 0.1) is 0 Å². The van der Waals surface area contributed by atoms with Gasteiger partial charge >= 0.3 is 5.97 Å². The molecule has 98 valence electrons. The highest BCUT2D eigenvalue weighted by Gasteiger charge is 2.27. The fraction of sp³-hybridized carbons (Fsp3) is 0.533. The van der Waals surface area contributed by atoms with Gasteiger partial charge in [0, 0.05) is 11.3 Å². The summed E-state index contributed by atoms with van der Waals surface area (Å²) in [5, 5.41) is 8.66. The molecule has 0 unspecified atom stereocenters. The molecule has 1 aromatic rings. The Balaban J connectivity index is 2.13. The first-order valence-corrected chi connectivity index (χ1v) is 7.45. The molecule has 1 aliphatic rings. The second kappa shape index (κ2) is 5.35. The van der Waals surface area contributed by atoms with E-state index in [1.165, 1.54) is 28.2 Å². The molecule has 0 radical (unpaired) electrons. The van der Waals surface area contributed by atoms with Crippen LogP contribution in [0.4, 0.5) is 0 Å². The largest absolute Gasteiger partial charge is 0.481 e. The van der Waals surface area contributed by atoms with Crippen LogP contribution in [-0.2, 0) is 16.6 Å². The molecule has 0 spiro atoms. The van der Waals surface area contributed by atoms with E-state index in [2.05, 4.69) is 32.0 Å². The number of aryl methyl sites for hydroxylation is 1. The van der Waals surface area contributed by atoms with Crippen molar-refractivity contribution in [2.24, 2.45) is 0 Å². The van der Waals surface area contributed by atoms with Gasteiger partial charge in [-0.2, -0.15) is 0 Å². The summed E-state index contributed by atoms with van der Waals surface area (Å²) in [4.78, 5) is 11.9. The van der Waals surface area contributed by atoms with Gasteiger partial charge in [0.25, 0.3) is 0 Å². The standard InChI is InChI=1S/C15H20O2S/c1-15(2)8-9-18-13-7-6-11(10-12(13)15)4-3-5-14(16)17/h6-7,10H,3-5,8-9H2,1-2H3,(H,16,17). The number of carboxylic acids is 1. The Morgan fingerprint density at radius 3 is 2.94 bits per heavy atom. The van der Waals surface area contributed by atoms with Crippen molar-refractivity contribution in [3.63, 3.8) is 0 Å². The minimum absolute atomic E-state index is 0.253. The number of aliphatic carboxylic acids is 1. The van der Waals surface area contributed by atoms with Crippen molar-refractivity contribution in [2.45, 2.75) is 49.8 Å². The summed E-state index contributed by atoms with van der Waals surface area (Å²) >= 11 is 1.93. The average molecular weight is 264 g/mol. The number of rotatable bonds is 4. The summed E-state index contributed by atoms with van der Waals surface area (Å²) in [6.07, 6.45) is 3.06. The molecule has 0 atom stereocenters. The predicted molar refractivity (Wildman–Crippen MR) is 75.4 cm³/mol. The first kappa shape index (κ1) is 13.5. The fourth-order valence-electron chi connectivity index (χ4n) is 2.38. The zero-order valence-electron chi connectivity index (χ0n) is 11.0. The van der Waals surface area contributed by atoms with Gasteiger partial charge in [-0.25, -0.2) is 0 Å². The third kappa shape index (κ3) is 3.08. The SMILES string of the molecule is CC1(C)CCSc2ccc(CCCC(=O)O)cc21. The Hall–Kier alpha value is -0.960. The smallest absolute Gasteiger partial charge is 0.303 e. The Morgan fingerprint density at radius 1 is 1.44 bits per heavy atom. The van der Waals surface area contributed by atoms with Crippen LogP contribution in [0.25, 0.3) is 0 Å². The quantitative estimate of drug-likeness (QED) is 0.897. The van der Waals surface area contributed by atoms with Crippen molar-refractivity contribution in [2.75, 3.05) is 5.75 Å². The Kier molecular flexibility index (Phi) is 4.00. The molecule has 3 heteroatoms. The van der Waals surface area contributed by atoms with Crippen molar-refractivity contribution >= 4 is 17.7 Å². The average Bonchev–Trinajstić information content (AvgIpc) is 2.29. The van der Waals surface area contributed by atoms with Crippen molar-refractivity contribution in [3.8, 4) is 0 Å². The molecule has 0 aliphatic carbocycles. The fourth-order valence-corrected chi connectivity index (χ4v) is 3.87. The van der Waals surface area contributed by atoms with Crippen LogP contribution in [0.2, 0.25) is 0 Å². The molecule has 0 fully saturated rings. The van der Waals surface area contributed by atoms with Gasteiger partial charge in [-0.3, -0.25) is 4.79 Å². The number of hydrogen-bond donors (Lipinski definition) is 1. The highest BCUT2D eigenvalue weighted by atomic mass is 32.2. The van der Waals surface area contributed by atoms with E-state index in [0.29, 0.717) is 0 Å². The Bertz CT molecular complexity index is 452. The van der Waals surface area contributed by atoms with E-state index in [9.17, 15) is 4.79 Å². The van der Waals surface area contributed by atoms with Gasteiger partial charge in [0.1, 0.15) is 0 Å². The number of carboxylic acid groups (broad SMARTS) is 1. The van der Waals surface area contributed by atoms with Gasteiger partial charge in [-0.05, 0) is 47.6 Å². The van der Waals surface area contributed by atoms with Gasteiger partial charge in [-0.15, -0.1) is 11.8 Å². The maximum atomic E-state index is 10.5. The predicted octanol–water partition coefficient (Wildman–Crippen LogP) is 3.87. The zero-order valence-corrected chi connectivity index (χ0v) is 11.8. The number of fused-ring (bicyclic) bond motifs is 1. The first-order chi connectivity index (χ1) is 8.49. The lowest BCUT2D eigenvalue weighted by molar-refractivity contribution is -0.137. The molecule has 1 aromatic carbocycles. The summed E-state index contributed by atoms with van der Waals surface area (Å²) in [5.41, 5.74) is 2.96. The number of carbonyl (C=O) groups is 1. The second-order valence-corrected chi connectivity index (χ2v) is 6.70. The highest BCUT2D eigenvalue weighted by molar-refractivity contribution is 7.99. The van der Waals surface area contributed by atoms with Gasteiger partial charge in [-0.1, -0.05) is 26.0 Å². The summed E-state index contributed by atoms with van der Waals surface area (Å²) in [6, 6.07) is 6.63. The van der Waals surface area contributed by atoms with Crippen molar-refractivity contribution in [3.05, 3.63) is 29.3 Å². The van der Waals surface area contributed by atoms with Crippen LogP contribution in [0.5, 0.6) is 0 Å². The van der Waals surface area contributed by atoms with E-state index in [1.54, 1.807) is 0 Å². The van der Waals surface area contributed by atoms with E-state index in [-0.39, 0.29) is 11.8 Å². The molecule has 2 nitrogen and oxygen atoms in total. The number of benzene rings is 1. The number of thioether (sulfide) groups is 1. The minimum atomic E-state index is -0.705. The summed E-state index contributed by atoms with van der Waals surface area (Å²) in [5.74, 6) is 0.488. The van der Waals surface area contributed by atoms with E-state index in [4.69, 9.17) is 5.11 Å². The zero-order chi connectivity index (χ0) is 13.2. The van der Waals surface area contributed by atoms with Crippen LogP contribution < -0.4 is 0 Å². The van der Waals surface area contributed by atoms with Crippen molar-refractivity contribution < 1.29 is 9.90 Å². The number of hydrogen-bond acceptors (Lipinski definition) is 2. The van der Waals surface area contributed by atoms with E-state index >= 15 is 0 Å². The van der Waals surface area contributed by atoms with Crippen LogP contribution in [-0.4, -0.2) is 16.8 Å². The lowest BCUT2D eigenvalue weighted by Gasteiger charge is -2.32. The Morgan fingerprint density at radius 2 is 2.22 bits per heavy atom. The molecule has 0 aromatic heterocycles. The van der Waals surface area contributed by atoms with Crippen LogP contribution in [0, 0.1) is 0 Å². The molecule has 0 saturated carbocycles. The van der Waals surface area contributed by atoms with Crippen LogP contribution in [0.1, 0.15) is 44.2 Å². The monoisotopic (exact) mass is 264 g/mol. The minimum Gasteiger partial charge on any atom is -0.481 e. The lowest BCUT2D eigenvalue weighted by Crippen LogP contribution is -2.22. The Labute approximate surface area is 113 Å². The third-order valence-corrected chi connectivity index (χ3v) is 4.69. The van der Waals surface area contributed by atoms with Crippen LogP contribution in [0.3, 0.4) is 0 Å². The summed E-state index contributed by atoms with van der Waals surface area (Å²) in [6.45, 7) is 4.60. The topological polar surface area (TPSA) is 37.3 Å². The maximum Gasteiger partial charge on any atom is 0.303 e. The lowest BCUT2D eigenvalue weighted by atomic mass is 9.81. The molecule has 1 N–H and O–H groups in total. The summed E-state index contributed by atoms with van der Waals surface area (Å²) in [7, 11) is 0. The highest BCUT2D eigenvalue weighted by Crippen LogP contribution is 2.41.